The molecule has 0 heterocycles. The zero-order valence-electron chi connectivity index (χ0n) is 12.5. The topological polar surface area (TPSA) is 32.8 Å². The molecule has 0 aromatic rings. The fourth-order valence-corrected chi connectivity index (χ4v) is 1.51. The molecule has 0 rings (SSSR count). The fraction of sp³-hybridized carbons (Fsp3) is 0.786. The zero-order chi connectivity index (χ0) is 14.0. The first kappa shape index (κ1) is 17.1. The van der Waals surface area contributed by atoms with E-state index in [4.69, 9.17) is 4.84 Å². The maximum absolute atomic E-state index is 11.8. The first-order chi connectivity index (χ1) is 8.51. The number of hydrogen-bond acceptors (Lipinski definition) is 4. The van der Waals surface area contributed by atoms with Crippen LogP contribution in [0.3, 0.4) is 0 Å². The molecule has 0 aliphatic carbocycles. The van der Waals surface area contributed by atoms with Crippen LogP contribution in [-0.2, 0) is 9.63 Å². The van der Waals surface area contributed by atoms with Gasteiger partial charge in [0.15, 0.2) is 0 Å². The number of rotatable bonds is 9. The Labute approximate surface area is 112 Å². The molecule has 0 unspecified atom stereocenters. The first-order valence-corrected chi connectivity index (χ1v) is 6.80. The molecule has 0 saturated heterocycles. The Morgan fingerprint density at radius 2 is 1.67 bits per heavy atom. The van der Waals surface area contributed by atoms with Crippen molar-refractivity contribution < 1.29 is 9.63 Å². The molecule has 0 aliphatic rings. The third kappa shape index (κ3) is 8.25. The molecule has 0 aromatic carbocycles. The summed E-state index contributed by atoms with van der Waals surface area (Å²) in [5.74, 6) is -0.226. The molecule has 0 aromatic heterocycles. The summed E-state index contributed by atoms with van der Waals surface area (Å²) in [5, 5.41) is 1.76. The Kier molecular flexibility index (Phi) is 9.60. The van der Waals surface area contributed by atoms with Crippen LogP contribution in [-0.4, -0.2) is 49.7 Å². The van der Waals surface area contributed by atoms with Gasteiger partial charge in [0.2, 0.25) is 0 Å². The predicted octanol–water partition coefficient (Wildman–Crippen LogP) is 2.46. The van der Waals surface area contributed by atoms with Crippen molar-refractivity contribution in [1.29, 1.82) is 0 Å². The van der Waals surface area contributed by atoms with Gasteiger partial charge in [0.05, 0.1) is 0 Å². The summed E-state index contributed by atoms with van der Waals surface area (Å²) in [5.41, 5.74) is 0.689. The third-order valence-electron chi connectivity index (χ3n) is 2.51. The van der Waals surface area contributed by atoms with Crippen LogP contribution in [0.15, 0.2) is 11.6 Å². The summed E-state index contributed by atoms with van der Waals surface area (Å²) in [6.07, 6.45) is 4.78. The summed E-state index contributed by atoms with van der Waals surface area (Å²) in [6, 6.07) is 0. The van der Waals surface area contributed by atoms with E-state index in [9.17, 15) is 4.79 Å². The molecule has 0 fully saturated rings. The minimum absolute atomic E-state index is 0.226. The number of hydrogen-bond donors (Lipinski definition) is 0. The minimum atomic E-state index is -0.226. The van der Waals surface area contributed by atoms with Crippen LogP contribution in [0.5, 0.6) is 0 Å². The van der Waals surface area contributed by atoms with Gasteiger partial charge in [0.1, 0.15) is 0 Å². The molecule has 4 heteroatoms. The van der Waals surface area contributed by atoms with Crippen LogP contribution >= 0.6 is 0 Å². The van der Waals surface area contributed by atoms with Gasteiger partial charge < -0.3 is 9.74 Å². The number of carbonyl (C=O) groups excluding carboxylic acids is 1. The molecule has 0 aliphatic heterocycles. The Bertz CT molecular complexity index is 257. The van der Waals surface area contributed by atoms with E-state index in [2.05, 4.69) is 18.7 Å². The van der Waals surface area contributed by atoms with Crippen LogP contribution in [0.4, 0.5) is 0 Å². The van der Waals surface area contributed by atoms with Gasteiger partial charge in [-0.15, -0.1) is 5.06 Å². The molecule has 0 amide bonds. The van der Waals surface area contributed by atoms with Gasteiger partial charge in [-0.3, -0.25) is 0 Å². The van der Waals surface area contributed by atoms with Crippen molar-refractivity contribution >= 4 is 5.97 Å². The molecule has 0 saturated carbocycles. The van der Waals surface area contributed by atoms with Crippen LogP contribution in [0.2, 0.25) is 0 Å². The van der Waals surface area contributed by atoms with Gasteiger partial charge >= 0.3 is 5.97 Å². The van der Waals surface area contributed by atoms with Gasteiger partial charge in [-0.1, -0.05) is 19.9 Å². The van der Waals surface area contributed by atoms with Crippen molar-refractivity contribution in [2.45, 2.75) is 40.0 Å². The number of hydroxylamine groups is 2. The molecular formula is C14H28N2O2. The molecule has 4 nitrogen and oxygen atoms in total. The van der Waals surface area contributed by atoms with Crippen molar-refractivity contribution in [3.05, 3.63) is 11.6 Å². The Hall–Kier alpha value is -0.870. The number of carbonyl (C=O) groups is 1. The second-order valence-electron chi connectivity index (χ2n) is 4.79. The summed E-state index contributed by atoms with van der Waals surface area (Å²) in [4.78, 5) is 19.3. The average Bonchev–Trinajstić information content (AvgIpc) is 2.28. The summed E-state index contributed by atoms with van der Waals surface area (Å²) >= 11 is 0. The van der Waals surface area contributed by atoms with Crippen molar-refractivity contribution in [3.8, 4) is 0 Å². The summed E-state index contributed by atoms with van der Waals surface area (Å²) in [7, 11) is 4.04. The molecule has 0 N–H and O–H groups in total. The summed E-state index contributed by atoms with van der Waals surface area (Å²) in [6.45, 7) is 8.51. The lowest BCUT2D eigenvalue weighted by atomic mass is 10.2. The molecule has 106 valence electrons. The van der Waals surface area contributed by atoms with E-state index in [1.807, 2.05) is 27.1 Å². The third-order valence-corrected chi connectivity index (χ3v) is 2.51. The quantitative estimate of drug-likeness (QED) is 0.468. The van der Waals surface area contributed by atoms with Crippen molar-refractivity contribution in [2.24, 2.45) is 0 Å². The zero-order valence-corrected chi connectivity index (χ0v) is 12.5. The van der Waals surface area contributed by atoms with E-state index in [1.165, 1.54) is 0 Å². The Morgan fingerprint density at radius 3 is 2.11 bits per heavy atom. The lowest BCUT2D eigenvalue weighted by Crippen LogP contribution is -2.29. The van der Waals surface area contributed by atoms with E-state index in [-0.39, 0.29) is 5.97 Å². The lowest BCUT2D eigenvalue weighted by Gasteiger charge is -2.19. The normalized spacial score (nSPS) is 12.3. The average molecular weight is 256 g/mol. The Balaban J connectivity index is 4.18. The maximum atomic E-state index is 11.8. The van der Waals surface area contributed by atoms with Gasteiger partial charge in [-0.25, -0.2) is 4.79 Å². The highest BCUT2D eigenvalue weighted by molar-refractivity contribution is 5.87. The maximum Gasteiger partial charge on any atom is 0.352 e. The van der Waals surface area contributed by atoms with Crippen molar-refractivity contribution in [2.75, 3.05) is 33.7 Å². The van der Waals surface area contributed by atoms with Gasteiger partial charge in [-0.05, 0) is 40.3 Å². The van der Waals surface area contributed by atoms with Gasteiger partial charge in [0.25, 0.3) is 0 Å². The summed E-state index contributed by atoms with van der Waals surface area (Å²) < 4.78 is 0. The van der Waals surface area contributed by atoms with Crippen molar-refractivity contribution in [1.82, 2.24) is 9.96 Å². The first-order valence-electron chi connectivity index (χ1n) is 6.80. The predicted molar refractivity (Wildman–Crippen MR) is 75.2 cm³/mol. The highest BCUT2D eigenvalue weighted by Gasteiger charge is 2.11. The van der Waals surface area contributed by atoms with Crippen molar-refractivity contribution in [3.63, 3.8) is 0 Å². The Morgan fingerprint density at radius 1 is 1.11 bits per heavy atom. The van der Waals surface area contributed by atoms with E-state index in [0.29, 0.717) is 5.57 Å². The molecule has 0 spiro atoms. The lowest BCUT2D eigenvalue weighted by molar-refractivity contribution is -0.185. The highest BCUT2D eigenvalue weighted by atomic mass is 16.7. The molecular weight excluding hydrogens is 228 g/mol. The molecule has 0 atom stereocenters. The number of nitrogens with zero attached hydrogens (tertiary/aromatic N) is 2. The van der Waals surface area contributed by atoms with Gasteiger partial charge in [0, 0.05) is 25.2 Å². The smallest absolute Gasteiger partial charge is 0.352 e. The monoisotopic (exact) mass is 256 g/mol. The second kappa shape index (κ2) is 10.1. The standard InChI is InChI=1S/C14H28N2O2/c1-6-10-16(11-7-2)18-14(17)13(3)9-8-12-15(4)5/h9H,6-8,10-12H2,1-5H3. The second-order valence-corrected chi connectivity index (χ2v) is 4.79. The van der Waals surface area contributed by atoms with Crippen LogP contribution < -0.4 is 0 Å². The molecule has 0 radical (unpaired) electrons. The van der Waals surface area contributed by atoms with E-state index < -0.39 is 0 Å². The van der Waals surface area contributed by atoms with Crippen LogP contribution in [0.1, 0.15) is 40.0 Å². The van der Waals surface area contributed by atoms with E-state index in [0.717, 1.165) is 38.9 Å². The van der Waals surface area contributed by atoms with E-state index >= 15 is 0 Å². The fourth-order valence-electron chi connectivity index (χ4n) is 1.51. The minimum Gasteiger partial charge on any atom is -0.364 e. The SMILES string of the molecule is CCCN(CCC)OC(=O)C(C)=CCCN(C)C. The van der Waals surface area contributed by atoms with Crippen LogP contribution in [0.25, 0.3) is 0 Å². The molecule has 18 heavy (non-hydrogen) atoms. The van der Waals surface area contributed by atoms with Gasteiger partial charge in [-0.2, -0.15) is 0 Å². The highest BCUT2D eigenvalue weighted by Crippen LogP contribution is 2.04. The molecule has 0 bridgehead atoms. The van der Waals surface area contributed by atoms with E-state index in [1.54, 1.807) is 5.06 Å². The largest absolute Gasteiger partial charge is 0.364 e. The van der Waals surface area contributed by atoms with Crippen LogP contribution in [0, 0.1) is 0 Å².